The molecular weight excluding hydrogens is 312 g/mol. The maximum absolute atomic E-state index is 10.1. The lowest BCUT2D eigenvalue weighted by Crippen LogP contribution is -2.58. The number of rotatable bonds is 2. The third-order valence-electron chi connectivity index (χ3n) is 4.73. The van der Waals surface area contributed by atoms with Gasteiger partial charge < -0.3 is 20.4 Å². The van der Waals surface area contributed by atoms with Gasteiger partial charge in [0.05, 0.1) is 11.2 Å². The average Bonchev–Trinajstić information content (AvgIpc) is 2.35. The van der Waals surface area contributed by atoms with E-state index in [4.69, 9.17) is 10.2 Å². The topological polar surface area (TPSA) is 115 Å². The molecule has 0 unspecified atom stereocenters. The largest absolute Gasteiger partial charge is 0.478 e. The van der Waals surface area contributed by atoms with Gasteiger partial charge in [0.25, 0.3) is 0 Å². The molecule has 24 heavy (non-hydrogen) atoms. The molecule has 0 aromatic carbocycles. The van der Waals surface area contributed by atoms with E-state index in [2.05, 4.69) is 13.2 Å². The Morgan fingerprint density at radius 2 is 1.08 bits per heavy atom. The van der Waals surface area contributed by atoms with Crippen molar-refractivity contribution in [3.05, 3.63) is 24.3 Å². The quantitative estimate of drug-likeness (QED) is 0.574. The van der Waals surface area contributed by atoms with Crippen LogP contribution in [0.1, 0.15) is 52.4 Å². The van der Waals surface area contributed by atoms with Gasteiger partial charge in [0.15, 0.2) is 0 Å². The Labute approximate surface area is 142 Å². The lowest BCUT2D eigenvalue weighted by atomic mass is 9.52. The summed E-state index contributed by atoms with van der Waals surface area (Å²) in [6.07, 6.45) is 5.70. The molecule has 4 fully saturated rings. The maximum atomic E-state index is 10.1. The second-order valence-electron chi connectivity index (χ2n) is 7.58. The minimum absolute atomic E-state index is 0.176. The Morgan fingerprint density at radius 1 is 0.833 bits per heavy atom. The van der Waals surface area contributed by atoms with Gasteiger partial charge >= 0.3 is 11.9 Å². The van der Waals surface area contributed by atoms with E-state index in [1.807, 2.05) is 0 Å². The highest BCUT2D eigenvalue weighted by atomic mass is 16.4. The molecule has 4 saturated carbocycles. The van der Waals surface area contributed by atoms with Crippen LogP contribution in [0.4, 0.5) is 0 Å². The number of hydrogen-bond acceptors (Lipinski definition) is 4. The minimum atomic E-state index is -0.935. The SMILES string of the molecule is C=C(C)C(=O)O.C=C(C)C(=O)O.OC12CC3CC(C1)CC(O)(C3)C2. The fraction of sp³-hybridized carbons (Fsp3) is 0.667. The third-order valence-corrected chi connectivity index (χ3v) is 4.73. The van der Waals surface area contributed by atoms with E-state index in [1.54, 1.807) is 0 Å². The molecular formula is C18H28O6. The van der Waals surface area contributed by atoms with E-state index < -0.39 is 23.1 Å². The summed E-state index contributed by atoms with van der Waals surface area (Å²) in [6.45, 7) is 9.20. The molecule has 4 bridgehead atoms. The van der Waals surface area contributed by atoms with E-state index in [0.29, 0.717) is 18.3 Å². The van der Waals surface area contributed by atoms with Crippen LogP contribution in [-0.2, 0) is 9.59 Å². The summed E-state index contributed by atoms with van der Waals surface area (Å²) in [5, 5.41) is 36.0. The van der Waals surface area contributed by atoms with Crippen LogP contribution in [0.15, 0.2) is 24.3 Å². The second kappa shape index (κ2) is 7.49. The molecule has 4 aliphatic rings. The molecule has 136 valence electrons. The number of aliphatic carboxylic acids is 2. The van der Waals surface area contributed by atoms with Gasteiger partial charge in [-0.2, -0.15) is 0 Å². The molecule has 4 rings (SSSR count). The van der Waals surface area contributed by atoms with Crippen molar-refractivity contribution in [2.45, 2.75) is 63.6 Å². The highest BCUT2D eigenvalue weighted by molar-refractivity contribution is 5.85. The Hall–Kier alpha value is -1.66. The molecule has 0 saturated heterocycles. The zero-order valence-electron chi connectivity index (χ0n) is 14.4. The van der Waals surface area contributed by atoms with Gasteiger partial charge in [-0.25, -0.2) is 9.59 Å². The maximum Gasteiger partial charge on any atom is 0.330 e. The Bertz CT molecular complexity index is 454. The number of hydrogen-bond donors (Lipinski definition) is 4. The summed E-state index contributed by atoms with van der Waals surface area (Å²) in [6, 6.07) is 0. The summed E-state index contributed by atoms with van der Waals surface area (Å²) < 4.78 is 0. The van der Waals surface area contributed by atoms with Crippen molar-refractivity contribution >= 4 is 11.9 Å². The molecule has 4 N–H and O–H groups in total. The second-order valence-corrected chi connectivity index (χ2v) is 7.58. The Morgan fingerprint density at radius 3 is 1.25 bits per heavy atom. The lowest BCUT2D eigenvalue weighted by molar-refractivity contribution is -0.198. The van der Waals surface area contributed by atoms with Crippen molar-refractivity contribution in [2.24, 2.45) is 11.8 Å². The standard InChI is InChI=1S/C10H16O2.2C4H6O2/c11-9-2-7-1-8(4-9)5-10(12,3-7)6-9;2*1-3(2)4(5)6/h7-8,11-12H,1-6H2;2*1H2,2H3,(H,5,6). The molecule has 0 amide bonds. The van der Waals surface area contributed by atoms with Crippen LogP contribution in [0.2, 0.25) is 0 Å². The Balaban J connectivity index is 0.000000207. The molecule has 0 heterocycles. The van der Waals surface area contributed by atoms with Crippen LogP contribution in [-0.4, -0.2) is 43.6 Å². The van der Waals surface area contributed by atoms with Crippen LogP contribution in [0, 0.1) is 11.8 Å². The third kappa shape index (κ3) is 5.76. The van der Waals surface area contributed by atoms with Crippen molar-refractivity contribution in [3.63, 3.8) is 0 Å². The van der Waals surface area contributed by atoms with Crippen LogP contribution in [0.3, 0.4) is 0 Å². The normalized spacial score (nSPS) is 35.0. The predicted octanol–water partition coefficient (Wildman–Crippen LogP) is 2.36. The van der Waals surface area contributed by atoms with Gasteiger partial charge in [-0.1, -0.05) is 13.2 Å². The highest BCUT2D eigenvalue weighted by Crippen LogP contribution is 2.57. The fourth-order valence-corrected chi connectivity index (χ4v) is 4.17. The van der Waals surface area contributed by atoms with Crippen LogP contribution >= 0.6 is 0 Å². The molecule has 0 atom stereocenters. The van der Waals surface area contributed by atoms with Crippen molar-refractivity contribution in [3.8, 4) is 0 Å². The molecule has 6 heteroatoms. The molecule has 4 aliphatic carbocycles. The van der Waals surface area contributed by atoms with Gasteiger partial charge in [0, 0.05) is 17.6 Å². The first-order valence-corrected chi connectivity index (χ1v) is 8.08. The summed E-state index contributed by atoms with van der Waals surface area (Å²) in [5.74, 6) is -0.646. The van der Waals surface area contributed by atoms with E-state index in [-0.39, 0.29) is 11.1 Å². The first kappa shape index (κ1) is 20.4. The summed E-state index contributed by atoms with van der Waals surface area (Å²) in [5.41, 5.74) is -0.623. The van der Waals surface area contributed by atoms with Gasteiger partial charge in [-0.3, -0.25) is 0 Å². The van der Waals surface area contributed by atoms with Gasteiger partial charge in [0.2, 0.25) is 0 Å². The molecule has 0 aliphatic heterocycles. The molecule has 6 nitrogen and oxygen atoms in total. The number of carboxylic acid groups (broad SMARTS) is 2. The van der Waals surface area contributed by atoms with E-state index >= 15 is 0 Å². The van der Waals surface area contributed by atoms with Gasteiger partial charge in [-0.15, -0.1) is 0 Å². The van der Waals surface area contributed by atoms with Crippen LogP contribution in [0.25, 0.3) is 0 Å². The zero-order chi connectivity index (χ0) is 18.7. The summed E-state index contributed by atoms with van der Waals surface area (Å²) in [7, 11) is 0. The van der Waals surface area contributed by atoms with E-state index in [9.17, 15) is 19.8 Å². The van der Waals surface area contributed by atoms with Crippen LogP contribution in [0.5, 0.6) is 0 Å². The lowest BCUT2D eigenvalue weighted by Gasteiger charge is -2.58. The zero-order valence-corrected chi connectivity index (χ0v) is 14.4. The number of aliphatic hydroxyl groups is 2. The molecule has 0 aromatic rings. The molecule has 0 radical (unpaired) electrons. The van der Waals surface area contributed by atoms with Crippen molar-refractivity contribution in [1.29, 1.82) is 0 Å². The van der Waals surface area contributed by atoms with E-state index in [0.717, 1.165) is 25.7 Å². The minimum Gasteiger partial charge on any atom is -0.478 e. The van der Waals surface area contributed by atoms with Crippen molar-refractivity contribution < 1.29 is 30.0 Å². The summed E-state index contributed by atoms with van der Waals surface area (Å²) in [4.78, 5) is 19.2. The highest BCUT2D eigenvalue weighted by Gasteiger charge is 2.56. The van der Waals surface area contributed by atoms with Gasteiger partial charge in [-0.05, 0) is 57.8 Å². The Kier molecular flexibility index (Phi) is 6.36. The number of carboxylic acids is 2. The first-order chi connectivity index (χ1) is 10.9. The van der Waals surface area contributed by atoms with Crippen LogP contribution < -0.4 is 0 Å². The van der Waals surface area contributed by atoms with Crippen molar-refractivity contribution in [1.82, 2.24) is 0 Å². The van der Waals surface area contributed by atoms with E-state index in [1.165, 1.54) is 20.3 Å². The first-order valence-electron chi connectivity index (χ1n) is 8.08. The number of carbonyl (C=O) groups is 2. The monoisotopic (exact) mass is 340 g/mol. The molecule has 0 spiro atoms. The van der Waals surface area contributed by atoms with Gasteiger partial charge in [0.1, 0.15) is 0 Å². The fourth-order valence-electron chi connectivity index (χ4n) is 4.17. The molecule has 0 aromatic heterocycles. The smallest absolute Gasteiger partial charge is 0.330 e. The average molecular weight is 340 g/mol. The van der Waals surface area contributed by atoms with Crippen molar-refractivity contribution in [2.75, 3.05) is 0 Å². The predicted molar refractivity (Wildman–Crippen MR) is 89.5 cm³/mol. The summed E-state index contributed by atoms with van der Waals surface area (Å²) >= 11 is 0.